The summed E-state index contributed by atoms with van der Waals surface area (Å²) in [6.45, 7) is 2.28. The van der Waals surface area contributed by atoms with Gasteiger partial charge in [0.25, 0.3) is 5.91 Å². The Morgan fingerprint density at radius 3 is 2.58 bits per heavy atom. The average Bonchev–Trinajstić information content (AvgIpc) is 2.63. The number of nitrogens with zero attached hydrogens (tertiary/aromatic N) is 3. The molecule has 0 unspecified atom stereocenters. The molecule has 0 aliphatic rings. The molecule has 8 heteroatoms. The molecular formula is C18H15Cl2N5O. The van der Waals surface area contributed by atoms with Crippen LogP contribution < -0.4 is 10.6 Å². The maximum atomic E-state index is 12.5. The fourth-order valence-electron chi connectivity index (χ4n) is 2.25. The first-order valence-electron chi connectivity index (χ1n) is 7.76. The Labute approximate surface area is 160 Å². The van der Waals surface area contributed by atoms with Crippen molar-refractivity contribution in [2.45, 2.75) is 13.5 Å². The molecule has 0 spiro atoms. The highest BCUT2D eigenvalue weighted by molar-refractivity contribution is 6.36. The number of aryl methyl sites for hydroxylation is 1. The van der Waals surface area contributed by atoms with Crippen LogP contribution in [-0.4, -0.2) is 20.9 Å². The van der Waals surface area contributed by atoms with E-state index in [0.717, 1.165) is 5.56 Å². The van der Waals surface area contributed by atoms with Crippen molar-refractivity contribution in [3.05, 3.63) is 75.9 Å². The van der Waals surface area contributed by atoms with Gasteiger partial charge in [0, 0.05) is 30.0 Å². The molecule has 26 heavy (non-hydrogen) atoms. The molecule has 2 aromatic heterocycles. The second-order valence-corrected chi connectivity index (χ2v) is 6.32. The smallest absolute Gasteiger partial charge is 0.274 e. The Morgan fingerprint density at radius 1 is 1.08 bits per heavy atom. The van der Waals surface area contributed by atoms with E-state index in [2.05, 4.69) is 25.6 Å². The van der Waals surface area contributed by atoms with Crippen molar-refractivity contribution in [1.82, 2.24) is 15.0 Å². The third-order valence-electron chi connectivity index (χ3n) is 3.47. The van der Waals surface area contributed by atoms with Gasteiger partial charge < -0.3 is 10.6 Å². The lowest BCUT2D eigenvalue weighted by Crippen LogP contribution is -2.16. The van der Waals surface area contributed by atoms with Crippen molar-refractivity contribution < 1.29 is 4.79 Å². The molecule has 0 bridgehead atoms. The van der Waals surface area contributed by atoms with Crippen molar-refractivity contribution in [2.24, 2.45) is 0 Å². The number of rotatable bonds is 5. The van der Waals surface area contributed by atoms with E-state index in [9.17, 15) is 4.79 Å². The average molecular weight is 388 g/mol. The normalized spacial score (nSPS) is 10.4. The fraction of sp³-hybridized carbons (Fsp3) is 0.111. The summed E-state index contributed by atoms with van der Waals surface area (Å²) in [5.74, 6) is 0.658. The minimum Gasteiger partial charge on any atom is -0.366 e. The summed E-state index contributed by atoms with van der Waals surface area (Å²) < 4.78 is 0. The van der Waals surface area contributed by atoms with Gasteiger partial charge in [0.1, 0.15) is 17.3 Å². The third-order valence-corrected chi connectivity index (χ3v) is 4.02. The molecule has 0 aliphatic heterocycles. The van der Waals surface area contributed by atoms with Crippen molar-refractivity contribution in [3.8, 4) is 0 Å². The standard InChI is InChI=1S/C18H15Cl2N5O/c1-11-23-16(18(26)25-15-3-2-13(19)8-14(15)20)9-17(24-11)22-10-12-4-6-21-7-5-12/h2-9H,10H2,1H3,(H,25,26)(H,22,23,24). The van der Waals surface area contributed by atoms with Crippen molar-refractivity contribution in [2.75, 3.05) is 10.6 Å². The van der Waals surface area contributed by atoms with Crippen LogP contribution in [0.2, 0.25) is 10.0 Å². The van der Waals surface area contributed by atoms with Gasteiger partial charge in [-0.3, -0.25) is 9.78 Å². The van der Waals surface area contributed by atoms with Crippen LogP contribution in [0.4, 0.5) is 11.5 Å². The Kier molecular flexibility index (Phi) is 5.65. The van der Waals surface area contributed by atoms with Gasteiger partial charge in [-0.05, 0) is 42.8 Å². The van der Waals surface area contributed by atoms with Crippen LogP contribution in [0, 0.1) is 6.92 Å². The highest BCUT2D eigenvalue weighted by Gasteiger charge is 2.13. The number of benzene rings is 1. The topological polar surface area (TPSA) is 79.8 Å². The minimum atomic E-state index is -0.383. The number of hydrogen-bond acceptors (Lipinski definition) is 5. The van der Waals surface area contributed by atoms with Crippen LogP contribution >= 0.6 is 23.2 Å². The second-order valence-electron chi connectivity index (χ2n) is 5.47. The van der Waals surface area contributed by atoms with Gasteiger partial charge >= 0.3 is 0 Å². The van der Waals surface area contributed by atoms with E-state index in [1.165, 1.54) is 0 Å². The zero-order valence-electron chi connectivity index (χ0n) is 13.8. The molecule has 0 aliphatic carbocycles. The van der Waals surface area contributed by atoms with Gasteiger partial charge in [0.2, 0.25) is 0 Å². The molecule has 2 N–H and O–H groups in total. The Hall–Kier alpha value is -2.70. The summed E-state index contributed by atoms with van der Waals surface area (Å²) in [6, 6.07) is 10.2. The number of pyridine rings is 1. The molecule has 2 heterocycles. The van der Waals surface area contributed by atoms with E-state index >= 15 is 0 Å². The van der Waals surface area contributed by atoms with Crippen molar-refractivity contribution in [3.63, 3.8) is 0 Å². The van der Waals surface area contributed by atoms with E-state index in [0.29, 0.717) is 33.9 Å². The first-order chi connectivity index (χ1) is 12.5. The molecule has 1 amide bonds. The van der Waals surface area contributed by atoms with Gasteiger partial charge in [-0.2, -0.15) is 0 Å². The molecule has 0 saturated heterocycles. The Bertz CT molecular complexity index is 934. The van der Waals surface area contributed by atoms with Crippen LogP contribution in [0.25, 0.3) is 0 Å². The number of amides is 1. The van der Waals surface area contributed by atoms with Gasteiger partial charge in [-0.1, -0.05) is 23.2 Å². The first-order valence-corrected chi connectivity index (χ1v) is 8.52. The SMILES string of the molecule is Cc1nc(NCc2ccncc2)cc(C(=O)Nc2ccc(Cl)cc2Cl)n1. The van der Waals surface area contributed by atoms with E-state index in [4.69, 9.17) is 23.2 Å². The highest BCUT2D eigenvalue weighted by atomic mass is 35.5. The summed E-state index contributed by atoms with van der Waals surface area (Å²) in [5.41, 5.74) is 1.75. The van der Waals surface area contributed by atoms with Gasteiger partial charge in [0.05, 0.1) is 10.7 Å². The van der Waals surface area contributed by atoms with E-state index < -0.39 is 0 Å². The maximum absolute atomic E-state index is 12.5. The predicted molar refractivity (Wildman–Crippen MR) is 103 cm³/mol. The van der Waals surface area contributed by atoms with Gasteiger partial charge in [0.15, 0.2) is 0 Å². The zero-order chi connectivity index (χ0) is 18.5. The number of anilines is 2. The molecule has 1 aromatic carbocycles. The summed E-state index contributed by atoms with van der Waals surface area (Å²) >= 11 is 12.0. The zero-order valence-corrected chi connectivity index (χ0v) is 15.3. The number of halogens is 2. The summed E-state index contributed by atoms with van der Waals surface area (Å²) in [4.78, 5) is 25.0. The lowest BCUT2D eigenvalue weighted by molar-refractivity contribution is 0.102. The predicted octanol–water partition coefficient (Wildman–Crippen LogP) is 4.35. The Balaban J connectivity index is 1.75. The number of aromatic nitrogens is 3. The number of nitrogens with one attached hydrogen (secondary N) is 2. The lowest BCUT2D eigenvalue weighted by atomic mass is 10.2. The number of carbonyl (C=O) groups excluding carboxylic acids is 1. The summed E-state index contributed by atoms with van der Waals surface area (Å²) in [7, 11) is 0. The molecule has 0 radical (unpaired) electrons. The van der Waals surface area contributed by atoms with Crippen LogP contribution in [0.5, 0.6) is 0 Å². The van der Waals surface area contributed by atoms with Crippen LogP contribution in [-0.2, 0) is 6.54 Å². The van der Waals surface area contributed by atoms with Crippen LogP contribution in [0.3, 0.4) is 0 Å². The molecule has 3 rings (SSSR count). The number of carbonyl (C=O) groups is 1. The van der Waals surface area contributed by atoms with E-state index in [-0.39, 0.29) is 11.6 Å². The monoisotopic (exact) mass is 387 g/mol. The van der Waals surface area contributed by atoms with Gasteiger partial charge in [-0.15, -0.1) is 0 Å². The van der Waals surface area contributed by atoms with Crippen molar-refractivity contribution >= 4 is 40.6 Å². The van der Waals surface area contributed by atoms with Crippen LogP contribution in [0.15, 0.2) is 48.8 Å². The summed E-state index contributed by atoms with van der Waals surface area (Å²) in [6.07, 6.45) is 3.44. The minimum absolute atomic E-state index is 0.237. The fourth-order valence-corrected chi connectivity index (χ4v) is 2.70. The lowest BCUT2D eigenvalue weighted by Gasteiger charge is -2.10. The molecule has 6 nitrogen and oxygen atoms in total. The van der Waals surface area contributed by atoms with E-state index in [1.807, 2.05) is 12.1 Å². The largest absolute Gasteiger partial charge is 0.366 e. The molecule has 3 aromatic rings. The molecular weight excluding hydrogens is 373 g/mol. The number of hydrogen-bond donors (Lipinski definition) is 2. The first kappa shape index (κ1) is 18.1. The molecule has 132 valence electrons. The molecule has 0 fully saturated rings. The third kappa shape index (κ3) is 4.68. The van der Waals surface area contributed by atoms with Gasteiger partial charge in [-0.25, -0.2) is 9.97 Å². The molecule has 0 atom stereocenters. The Morgan fingerprint density at radius 2 is 1.85 bits per heavy atom. The molecule has 0 saturated carbocycles. The van der Waals surface area contributed by atoms with E-state index in [1.54, 1.807) is 43.6 Å². The second kappa shape index (κ2) is 8.12. The maximum Gasteiger partial charge on any atom is 0.274 e. The van der Waals surface area contributed by atoms with Crippen molar-refractivity contribution in [1.29, 1.82) is 0 Å². The quantitative estimate of drug-likeness (QED) is 0.679. The highest BCUT2D eigenvalue weighted by Crippen LogP contribution is 2.25. The van der Waals surface area contributed by atoms with Crippen LogP contribution in [0.1, 0.15) is 21.9 Å². The summed E-state index contributed by atoms with van der Waals surface area (Å²) in [5, 5.41) is 6.75.